The minimum Gasteiger partial charge on any atom is -0.303 e. The molecular formula is C18H10F3N5OS. The van der Waals surface area contributed by atoms with E-state index in [-0.39, 0.29) is 22.6 Å². The van der Waals surface area contributed by atoms with E-state index in [2.05, 4.69) is 25.3 Å². The highest BCUT2D eigenvalue weighted by molar-refractivity contribution is 7.07. The van der Waals surface area contributed by atoms with Crippen molar-refractivity contribution in [3.8, 4) is 11.3 Å². The molecule has 0 radical (unpaired) electrons. The number of fused-ring (bicyclic) bond motifs is 1. The Morgan fingerprint density at radius 2 is 1.93 bits per heavy atom. The summed E-state index contributed by atoms with van der Waals surface area (Å²) in [6.07, 6.45) is -3.19. The van der Waals surface area contributed by atoms with Crippen LogP contribution in [0.25, 0.3) is 22.3 Å². The summed E-state index contributed by atoms with van der Waals surface area (Å²) in [5.41, 5.74) is 2.28. The monoisotopic (exact) mass is 401 g/mol. The molecule has 140 valence electrons. The SMILES string of the molecule is O=C(Nc1ncnc2ccc(-c3cccc(C(F)(F)F)c3)nc12)c1cscn1. The number of pyridine rings is 1. The van der Waals surface area contributed by atoms with Gasteiger partial charge in [-0.2, -0.15) is 13.2 Å². The molecule has 1 N–H and O–H groups in total. The lowest BCUT2D eigenvalue weighted by atomic mass is 10.1. The van der Waals surface area contributed by atoms with Gasteiger partial charge in [-0.25, -0.2) is 19.9 Å². The maximum absolute atomic E-state index is 13.0. The van der Waals surface area contributed by atoms with Gasteiger partial charge in [0.1, 0.15) is 17.5 Å². The Labute approximate surface area is 160 Å². The third-order valence-electron chi connectivity index (χ3n) is 3.86. The van der Waals surface area contributed by atoms with E-state index >= 15 is 0 Å². The molecule has 0 aliphatic carbocycles. The van der Waals surface area contributed by atoms with Gasteiger partial charge in [0.15, 0.2) is 5.82 Å². The minimum atomic E-state index is -4.46. The first-order valence-corrected chi connectivity index (χ1v) is 8.85. The lowest BCUT2D eigenvalue weighted by Crippen LogP contribution is -2.14. The molecule has 10 heteroatoms. The summed E-state index contributed by atoms with van der Waals surface area (Å²) in [7, 11) is 0. The molecule has 0 unspecified atom stereocenters. The Morgan fingerprint density at radius 1 is 1.07 bits per heavy atom. The lowest BCUT2D eigenvalue weighted by molar-refractivity contribution is -0.137. The molecule has 0 bridgehead atoms. The number of amides is 1. The molecular weight excluding hydrogens is 391 g/mol. The molecule has 0 aliphatic heterocycles. The molecule has 1 aromatic carbocycles. The van der Waals surface area contributed by atoms with Crippen LogP contribution < -0.4 is 5.32 Å². The molecule has 3 aromatic heterocycles. The van der Waals surface area contributed by atoms with Gasteiger partial charge >= 0.3 is 6.18 Å². The Kier molecular flexibility index (Phi) is 4.47. The fourth-order valence-corrected chi connectivity index (χ4v) is 3.08. The number of halogens is 3. The Morgan fingerprint density at radius 3 is 2.68 bits per heavy atom. The standard InChI is InChI=1S/C18H10F3N5OS/c19-18(20,21)11-3-1-2-10(6-11)12-4-5-13-15(25-12)16(23-8-22-13)26-17(27)14-7-28-9-24-14/h1-9H,(H,22,23,26,27). The fourth-order valence-electron chi connectivity index (χ4n) is 2.54. The van der Waals surface area contributed by atoms with Crippen LogP contribution in [0.5, 0.6) is 0 Å². The smallest absolute Gasteiger partial charge is 0.303 e. The van der Waals surface area contributed by atoms with Gasteiger partial charge in [-0.3, -0.25) is 4.79 Å². The zero-order chi connectivity index (χ0) is 19.7. The molecule has 6 nitrogen and oxygen atoms in total. The molecule has 0 saturated carbocycles. The molecule has 0 spiro atoms. The van der Waals surface area contributed by atoms with E-state index in [1.54, 1.807) is 17.5 Å². The van der Waals surface area contributed by atoms with E-state index in [1.165, 1.54) is 35.3 Å². The molecule has 0 atom stereocenters. The van der Waals surface area contributed by atoms with Crippen molar-refractivity contribution in [3.05, 3.63) is 64.9 Å². The second-order valence-electron chi connectivity index (χ2n) is 5.69. The Balaban J connectivity index is 1.75. The maximum Gasteiger partial charge on any atom is 0.416 e. The number of alkyl halides is 3. The van der Waals surface area contributed by atoms with Crippen LogP contribution in [0, 0.1) is 0 Å². The first-order valence-electron chi connectivity index (χ1n) is 7.91. The van der Waals surface area contributed by atoms with Crippen LogP contribution in [-0.2, 0) is 6.18 Å². The van der Waals surface area contributed by atoms with Crippen LogP contribution in [0.3, 0.4) is 0 Å². The van der Waals surface area contributed by atoms with Crippen molar-refractivity contribution >= 4 is 34.1 Å². The molecule has 0 fully saturated rings. The molecule has 4 rings (SSSR count). The van der Waals surface area contributed by atoms with Crippen LogP contribution in [-0.4, -0.2) is 25.8 Å². The highest BCUT2D eigenvalue weighted by Gasteiger charge is 2.30. The second-order valence-corrected chi connectivity index (χ2v) is 6.41. The van der Waals surface area contributed by atoms with Gasteiger partial charge in [0.2, 0.25) is 0 Å². The highest BCUT2D eigenvalue weighted by Crippen LogP contribution is 2.32. The second kappa shape index (κ2) is 6.97. The predicted octanol–water partition coefficient (Wildman–Crippen LogP) is 4.42. The Hall–Kier alpha value is -3.40. The summed E-state index contributed by atoms with van der Waals surface area (Å²) in [6, 6.07) is 8.03. The highest BCUT2D eigenvalue weighted by atomic mass is 32.1. The fraction of sp³-hybridized carbons (Fsp3) is 0.0556. The topological polar surface area (TPSA) is 80.7 Å². The molecule has 0 saturated heterocycles. The van der Waals surface area contributed by atoms with Crippen LogP contribution in [0.4, 0.5) is 19.0 Å². The number of aromatic nitrogens is 4. The van der Waals surface area contributed by atoms with Gasteiger partial charge in [-0.05, 0) is 24.3 Å². The van der Waals surface area contributed by atoms with Crippen molar-refractivity contribution in [3.63, 3.8) is 0 Å². The van der Waals surface area contributed by atoms with E-state index in [1.807, 2.05) is 0 Å². The van der Waals surface area contributed by atoms with Crippen molar-refractivity contribution in [1.82, 2.24) is 19.9 Å². The number of carbonyl (C=O) groups excluding carboxylic acids is 1. The van der Waals surface area contributed by atoms with Gasteiger partial charge in [-0.15, -0.1) is 11.3 Å². The number of rotatable bonds is 3. The number of nitrogens with one attached hydrogen (secondary N) is 1. The number of thiazole rings is 1. The molecule has 3 heterocycles. The van der Waals surface area contributed by atoms with Crippen LogP contribution in [0.15, 0.2) is 53.6 Å². The van der Waals surface area contributed by atoms with Crippen LogP contribution in [0.2, 0.25) is 0 Å². The number of nitrogens with zero attached hydrogens (tertiary/aromatic N) is 4. The van der Waals surface area contributed by atoms with Crippen molar-refractivity contribution in [2.45, 2.75) is 6.18 Å². The summed E-state index contributed by atoms with van der Waals surface area (Å²) >= 11 is 1.27. The molecule has 1 amide bonds. The number of benzene rings is 1. The minimum absolute atomic E-state index is 0.150. The molecule has 0 aliphatic rings. The predicted molar refractivity (Wildman–Crippen MR) is 97.8 cm³/mol. The van der Waals surface area contributed by atoms with Gasteiger partial charge in [-0.1, -0.05) is 12.1 Å². The number of hydrogen-bond acceptors (Lipinski definition) is 6. The number of carbonyl (C=O) groups is 1. The van der Waals surface area contributed by atoms with Crippen molar-refractivity contribution in [2.75, 3.05) is 5.32 Å². The molecule has 4 aromatic rings. The summed E-state index contributed by atoms with van der Waals surface area (Å²) in [6.45, 7) is 0. The Bertz CT molecular complexity index is 1160. The quantitative estimate of drug-likeness (QED) is 0.550. The van der Waals surface area contributed by atoms with E-state index in [4.69, 9.17) is 0 Å². The van der Waals surface area contributed by atoms with E-state index < -0.39 is 17.6 Å². The molecule has 28 heavy (non-hydrogen) atoms. The van der Waals surface area contributed by atoms with Crippen molar-refractivity contribution in [1.29, 1.82) is 0 Å². The average Bonchev–Trinajstić information content (AvgIpc) is 3.22. The number of hydrogen-bond donors (Lipinski definition) is 1. The zero-order valence-corrected chi connectivity index (χ0v) is 14.8. The zero-order valence-electron chi connectivity index (χ0n) is 13.9. The first-order chi connectivity index (χ1) is 13.4. The third-order valence-corrected chi connectivity index (χ3v) is 4.45. The summed E-state index contributed by atoms with van der Waals surface area (Å²) in [5, 5.41) is 4.20. The normalized spacial score (nSPS) is 11.5. The summed E-state index contributed by atoms with van der Waals surface area (Å²) < 4.78 is 39.0. The largest absolute Gasteiger partial charge is 0.416 e. The van der Waals surface area contributed by atoms with E-state index in [0.717, 1.165) is 12.1 Å². The maximum atomic E-state index is 13.0. The summed E-state index contributed by atoms with van der Waals surface area (Å²) in [5.74, 6) is -0.315. The first kappa shape index (κ1) is 18.0. The van der Waals surface area contributed by atoms with Crippen molar-refractivity contribution < 1.29 is 18.0 Å². The van der Waals surface area contributed by atoms with Crippen LogP contribution in [0.1, 0.15) is 16.1 Å². The lowest BCUT2D eigenvalue weighted by Gasteiger charge is -2.10. The van der Waals surface area contributed by atoms with Gasteiger partial charge in [0.25, 0.3) is 5.91 Å². The van der Waals surface area contributed by atoms with E-state index in [9.17, 15) is 18.0 Å². The van der Waals surface area contributed by atoms with Crippen LogP contribution >= 0.6 is 11.3 Å². The van der Waals surface area contributed by atoms with Gasteiger partial charge in [0, 0.05) is 10.9 Å². The van der Waals surface area contributed by atoms with Gasteiger partial charge in [0.05, 0.1) is 22.3 Å². The third kappa shape index (κ3) is 3.54. The summed E-state index contributed by atoms with van der Waals surface area (Å²) in [4.78, 5) is 28.7. The average molecular weight is 401 g/mol. The van der Waals surface area contributed by atoms with E-state index in [0.29, 0.717) is 11.2 Å². The van der Waals surface area contributed by atoms with Crippen molar-refractivity contribution in [2.24, 2.45) is 0 Å². The van der Waals surface area contributed by atoms with Gasteiger partial charge < -0.3 is 5.32 Å². The number of anilines is 1.